The third-order valence-corrected chi connectivity index (χ3v) is 6.18. The first kappa shape index (κ1) is 19.2. The molecule has 5 rings (SSSR count). The third kappa shape index (κ3) is 3.18. The largest absolute Gasteiger partial charge is 0.391 e. The first-order chi connectivity index (χ1) is 14.5. The number of rotatable bonds is 3. The van der Waals surface area contributed by atoms with Crippen LogP contribution in [0.15, 0.2) is 41.3 Å². The van der Waals surface area contributed by atoms with Crippen molar-refractivity contribution in [3.05, 3.63) is 63.2 Å². The second-order valence-corrected chi connectivity index (χ2v) is 8.37. The lowest BCUT2D eigenvalue weighted by Crippen LogP contribution is -2.33. The minimum absolute atomic E-state index is 0.270. The summed E-state index contributed by atoms with van der Waals surface area (Å²) in [5.41, 5.74) is 3.16. The van der Waals surface area contributed by atoms with E-state index in [9.17, 15) is 9.90 Å². The molecule has 2 aliphatic heterocycles. The van der Waals surface area contributed by atoms with Crippen molar-refractivity contribution in [2.45, 2.75) is 51.3 Å². The number of pyridine rings is 1. The van der Waals surface area contributed by atoms with E-state index in [1.807, 2.05) is 31.2 Å². The Hall–Kier alpha value is -2.77. The predicted molar refractivity (Wildman–Crippen MR) is 115 cm³/mol. The molecule has 1 fully saturated rings. The smallest absolute Gasteiger partial charge is 0.297 e. The van der Waals surface area contributed by atoms with Crippen molar-refractivity contribution in [2.24, 2.45) is 0 Å². The van der Waals surface area contributed by atoms with Crippen molar-refractivity contribution >= 4 is 22.5 Å². The lowest BCUT2D eigenvalue weighted by Gasteiger charge is -2.26. The molecule has 1 saturated carbocycles. The molecule has 30 heavy (non-hydrogen) atoms. The van der Waals surface area contributed by atoms with Crippen LogP contribution in [0.4, 0.5) is 0 Å². The molecule has 7 nitrogen and oxygen atoms in total. The molecular weight excluding hydrogens is 402 g/mol. The molecule has 3 heterocycles. The first-order valence-electron chi connectivity index (χ1n) is 10.2. The van der Waals surface area contributed by atoms with Crippen molar-refractivity contribution in [1.82, 2.24) is 24.5 Å². The molecule has 2 aromatic rings. The van der Waals surface area contributed by atoms with Crippen LogP contribution in [0.2, 0.25) is 5.02 Å². The Morgan fingerprint density at radius 2 is 1.97 bits per heavy atom. The topological polar surface area (TPSA) is 85.8 Å². The Balaban J connectivity index is 1.72. The molecule has 1 aliphatic carbocycles. The van der Waals surface area contributed by atoms with Crippen LogP contribution >= 0.6 is 11.6 Å². The number of aryl methyl sites for hydroxylation is 1. The standard InChI is InChI=1S/C22H22ClN5O2/c1-13-9-10-14(11-24-13)12-27-21-15(5-4-6-16(21)23)19-20(25-27)22(30)28(26-19)17-7-2-3-8-18(17)29/h4-6,9-11,17-18,29H,2-3,7-8,12H2,1H3/t17?,18-/m0/s1. The van der Waals surface area contributed by atoms with E-state index in [0.717, 1.165) is 41.4 Å². The summed E-state index contributed by atoms with van der Waals surface area (Å²) in [7, 11) is 0. The number of hydrogen-bond donors (Lipinski definition) is 1. The van der Waals surface area contributed by atoms with Crippen molar-refractivity contribution in [1.29, 1.82) is 0 Å². The Labute approximate surface area is 178 Å². The first-order valence-corrected chi connectivity index (χ1v) is 10.6. The summed E-state index contributed by atoms with van der Waals surface area (Å²) < 4.78 is 3.18. The van der Waals surface area contributed by atoms with Crippen LogP contribution in [0, 0.1) is 6.92 Å². The van der Waals surface area contributed by atoms with Gasteiger partial charge in [-0.25, -0.2) is 4.68 Å². The lowest BCUT2D eigenvalue weighted by atomic mass is 9.93. The number of benzene rings is 1. The van der Waals surface area contributed by atoms with E-state index in [-0.39, 0.29) is 11.6 Å². The normalized spacial score (nSPS) is 19.6. The number of nitrogens with zero attached hydrogens (tertiary/aromatic N) is 5. The highest BCUT2D eigenvalue weighted by Crippen LogP contribution is 2.33. The summed E-state index contributed by atoms with van der Waals surface area (Å²) in [6.45, 7) is 2.37. The maximum Gasteiger partial charge on any atom is 0.297 e. The van der Waals surface area contributed by atoms with E-state index in [4.69, 9.17) is 11.6 Å². The van der Waals surface area contributed by atoms with Gasteiger partial charge in [-0.2, -0.15) is 10.2 Å². The minimum Gasteiger partial charge on any atom is -0.391 e. The highest BCUT2D eigenvalue weighted by molar-refractivity contribution is 6.35. The summed E-state index contributed by atoms with van der Waals surface area (Å²) in [5.74, 6) is 0. The average Bonchev–Trinajstić information content (AvgIpc) is 3.07. The van der Waals surface area contributed by atoms with E-state index < -0.39 is 6.10 Å². The number of halogens is 1. The van der Waals surface area contributed by atoms with Crippen LogP contribution in [-0.2, 0) is 6.54 Å². The molecule has 0 saturated heterocycles. The van der Waals surface area contributed by atoms with Gasteiger partial charge in [-0.1, -0.05) is 42.6 Å². The van der Waals surface area contributed by atoms with Gasteiger partial charge in [-0.15, -0.1) is 0 Å². The fourth-order valence-electron chi connectivity index (χ4n) is 4.30. The van der Waals surface area contributed by atoms with Gasteiger partial charge >= 0.3 is 0 Å². The Kier molecular flexibility index (Phi) is 4.79. The molecule has 0 radical (unpaired) electrons. The van der Waals surface area contributed by atoms with Gasteiger partial charge in [-0.3, -0.25) is 14.5 Å². The van der Waals surface area contributed by atoms with E-state index in [0.29, 0.717) is 29.4 Å². The zero-order valence-corrected chi connectivity index (χ0v) is 17.4. The predicted octanol–water partition coefficient (Wildman–Crippen LogP) is 3.58. The Bertz CT molecular complexity index is 1250. The molecule has 0 amide bonds. The van der Waals surface area contributed by atoms with Gasteiger partial charge < -0.3 is 5.11 Å². The summed E-state index contributed by atoms with van der Waals surface area (Å²) >= 11 is 6.54. The zero-order chi connectivity index (χ0) is 20.8. The number of aromatic nitrogens is 5. The quantitative estimate of drug-likeness (QED) is 0.544. The Morgan fingerprint density at radius 1 is 1.13 bits per heavy atom. The van der Waals surface area contributed by atoms with Gasteiger partial charge in [0, 0.05) is 17.3 Å². The number of aliphatic hydroxyl groups excluding tert-OH is 1. The molecular formula is C22H22ClN5O2. The van der Waals surface area contributed by atoms with Crippen LogP contribution in [0.25, 0.3) is 22.3 Å². The maximum atomic E-state index is 13.2. The molecule has 2 atom stereocenters. The molecule has 1 aromatic heterocycles. The summed E-state index contributed by atoms with van der Waals surface area (Å²) in [6, 6.07) is 9.18. The Morgan fingerprint density at radius 3 is 2.73 bits per heavy atom. The fraction of sp³-hybridized carbons (Fsp3) is 0.364. The third-order valence-electron chi connectivity index (χ3n) is 5.88. The highest BCUT2D eigenvalue weighted by atomic mass is 35.5. The lowest BCUT2D eigenvalue weighted by molar-refractivity contribution is 0.0681. The highest BCUT2D eigenvalue weighted by Gasteiger charge is 2.31. The minimum atomic E-state index is -0.568. The number of para-hydroxylation sites is 1. The molecule has 1 N–H and O–H groups in total. The van der Waals surface area contributed by atoms with Gasteiger partial charge in [0.2, 0.25) is 0 Å². The van der Waals surface area contributed by atoms with Gasteiger partial charge in [0.05, 0.1) is 29.2 Å². The van der Waals surface area contributed by atoms with Gasteiger partial charge in [0.15, 0.2) is 5.69 Å². The summed E-state index contributed by atoms with van der Waals surface area (Å²) in [5, 5.41) is 21.0. The summed E-state index contributed by atoms with van der Waals surface area (Å²) in [4.78, 5) is 17.6. The van der Waals surface area contributed by atoms with E-state index in [2.05, 4.69) is 15.2 Å². The molecule has 154 valence electrons. The van der Waals surface area contributed by atoms with Crippen LogP contribution in [0.3, 0.4) is 0 Å². The zero-order valence-electron chi connectivity index (χ0n) is 16.6. The maximum absolute atomic E-state index is 13.2. The number of aliphatic hydroxyl groups is 1. The van der Waals surface area contributed by atoms with E-state index >= 15 is 0 Å². The van der Waals surface area contributed by atoms with Crippen LogP contribution in [0.5, 0.6) is 0 Å². The monoisotopic (exact) mass is 423 g/mol. The fourth-order valence-corrected chi connectivity index (χ4v) is 4.57. The van der Waals surface area contributed by atoms with Gasteiger partial charge in [0.25, 0.3) is 5.56 Å². The number of hydrogen-bond acceptors (Lipinski definition) is 5. The summed E-state index contributed by atoms with van der Waals surface area (Å²) in [6.07, 6.45) is 4.59. The van der Waals surface area contributed by atoms with Crippen molar-refractivity contribution in [3.63, 3.8) is 0 Å². The van der Waals surface area contributed by atoms with Crippen LogP contribution < -0.4 is 5.56 Å². The molecule has 1 aromatic carbocycles. The second kappa shape index (κ2) is 7.49. The van der Waals surface area contributed by atoms with Crippen LogP contribution in [-0.4, -0.2) is 35.8 Å². The van der Waals surface area contributed by atoms with Crippen molar-refractivity contribution in [2.75, 3.05) is 0 Å². The molecule has 8 heteroatoms. The molecule has 1 unspecified atom stereocenters. The molecule has 0 spiro atoms. The van der Waals surface area contributed by atoms with Crippen LogP contribution in [0.1, 0.15) is 43.0 Å². The average molecular weight is 424 g/mol. The van der Waals surface area contributed by atoms with E-state index in [1.165, 1.54) is 4.68 Å². The molecule has 0 bridgehead atoms. The second-order valence-electron chi connectivity index (χ2n) is 7.97. The van der Waals surface area contributed by atoms with Gasteiger partial charge in [-0.05, 0) is 37.5 Å². The van der Waals surface area contributed by atoms with Crippen molar-refractivity contribution in [3.8, 4) is 11.4 Å². The SMILES string of the molecule is Cc1ccc(Cn2nc3c(=O)n(C4CCCC[C@@H]4O)nc-3c3cccc(Cl)c32)cn1. The number of fused-ring (bicyclic) bond motifs is 3. The molecule has 3 aliphatic rings. The van der Waals surface area contributed by atoms with E-state index in [1.54, 1.807) is 16.9 Å². The van der Waals surface area contributed by atoms with Gasteiger partial charge in [0.1, 0.15) is 5.69 Å². The van der Waals surface area contributed by atoms with Crippen molar-refractivity contribution < 1.29 is 5.11 Å².